The van der Waals surface area contributed by atoms with Crippen molar-refractivity contribution in [3.8, 4) is 0 Å². The van der Waals surface area contributed by atoms with Gasteiger partial charge in [0.2, 0.25) is 0 Å². The molecule has 7 atom stereocenters. The molecule has 0 aromatic carbocycles. The second-order valence-electron chi connectivity index (χ2n) is 9.03. The van der Waals surface area contributed by atoms with Gasteiger partial charge >= 0.3 is 0 Å². The van der Waals surface area contributed by atoms with Crippen molar-refractivity contribution in [2.45, 2.75) is 76.9 Å². The molecule has 22 heavy (non-hydrogen) atoms. The molecular weight excluding hydrogens is 276 g/mol. The molecule has 0 amide bonds. The van der Waals surface area contributed by atoms with Gasteiger partial charge < -0.3 is 15.3 Å². The van der Waals surface area contributed by atoms with Gasteiger partial charge in [-0.2, -0.15) is 0 Å². The summed E-state index contributed by atoms with van der Waals surface area (Å²) in [4.78, 5) is 0. The number of hydrogen-bond acceptors (Lipinski definition) is 3. The van der Waals surface area contributed by atoms with Crippen molar-refractivity contribution in [3.63, 3.8) is 0 Å². The van der Waals surface area contributed by atoms with Gasteiger partial charge in [0.1, 0.15) is 0 Å². The van der Waals surface area contributed by atoms with E-state index in [1.54, 1.807) is 0 Å². The quantitative estimate of drug-likeness (QED) is 0.641. The number of aliphatic hydroxyl groups excluding tert-OH is 2. The first-order chi connectivity index (χ1) is 10.3. The minimum Gasteiger partial charge on any atom is -0.513 e. The van der Waals surface area contributed by atoms with Crippen molar-refractivity contribution in [1.82, 2.24) is 0 Å². The van der Waals surface area contributed by atoms with Crippen LogP contribution in [0.15, 0.2) is 11.8 Å². The summed E-state index contributed by atoms with van der Waals surface area (Å²) in [7, 11) is 0. The van der Waals surface area contributed by atoms with Crippen molar-refractivity contribution in [1.29, 1.82) is 0 Å². The standard InChI is InChI=1S/C19H30O3/c1-17-8-5-13(20)11-12(17)3-4-15-14(17)6-9-18(2)16(21)7-10-19(15,18)22/h5,12,14-16,20-22H,3-4,6-11H2,1-2H3/t12?,14-,15+,16?,17-,18+,19-/m0/s1. The molecule has 0 spiro atoms. The highest BCUT2D eigenvalue weighted by Gasteiger charge is 2.66. The first-order valence-corrected chi connectivity index (χ1v) is 9.10. The Balaban J connectivity index is 1.71. The van der Waals surface area contributed by atoms with E-state index in [4.69, 9.17) is 0 Å². The Labute approximate surface area is 133 Å². The van der Waals surface area contributed by atoms with E-state index >= 15 is 0 Å². The summed E-state index contributed by atoms with van der Waals surface area (Å²) in [5.74, 6) is 1.96. The van der Waals surface area contributed by atoms with Crippen LogP contribution in [-0.4, -0.2) is 27.0 Å². The highest BCUT2D eigenvalue weighted by atomic mass is 16.3. The third-order valence-corrected chi connectivity index (χ3v) is 8.44. The molecule has 0 heterocycles. The second-order valence-corrected chi connectivity index (χ2v) is 9.03. The van der Waals surface area contributed by atoms with E-state index < -0.39 is 5.60 Å². The lowest BCUT2D eigenvalue weighted by atomic mass is 9.44. The molecule has 3 nitrogen and oxygen atoms in total. The van der Waals surface area contributed by atoms with Gasteiger partial charge in [-0.15, -0.1) is 0 Å². The summed E-state index contributed by atoms with van der Waals surface area (Å²) in [5, 5.41) is 31.9. The molecule has 0 aromatic heterocycles. The molecule has 0 aromatic rings. The molecule has 2 unspecified atom stereocenters. The zero-order valence-electron chi connectivity index (χ0n) is 13.9. The topological polar surface area (TPSA) is 60.7 Å². The van der Waals surface area contributed by atoms with E-state index in [0.29, 0.717) is 23.5 Å². The summed E-state index contributed by atoms with van der Waals surface area (Å²) in [5.41, 5.74) is -0.795. The molecule has 3 fully saturated rings. The average Bonchev–Trinajstić information content (AvgIpc) is 2.72. The van der Waals surface area contributed by atoms with Gasteiger partial charge in [0.15, 0.2) is 0 Å². The Kier molecular flexibility index (Phi) is 3.08. The van der Waals surface area contributed by atoms with Crippen LogP contribution in [-0.2, 0) is 0 Å². The van der Waals surface area contributed by atoms with Gasteiger partial charge in [0, 0.05) is 11.8 Å². The first-order valence-electron chi connectivity index (χ1n) is 9.10. The van der Waals surface area contributed by atoms with Crippen LogP contribution in [0.2, 0.25) is 0 Å². The molecule has 3 N–H and O–H groups in total. The number of aliphatic hydroxyl groups is 3. The summed E-state index contributed by atoms with van der Waals surface area (Å²) < 4.78 is 0. The first kappa shape index (κ1) is 15.0. The molecule has 0 aliphatic heterocycles. The third-order valence-electron chi connectivity index (χ3n) is 8.44. The molecular formula is C19H30O3. The zero-order chi connectivity index (χ0) is 15.8. The van der Waals surface area contributed by atoms with E-state index in [1.807, 2.05) is 6.08 Å². The maximum atomic E-state index is 11.6. The molecule has 4 aliphatic carbocycles. The molecule has 124 valence electrons. The third kappa shape index (κ3) is 1.65. The van der Waals surface area contributed by atoms with Crippen molar-refractivity contribution in [2.75, 3.05) is 0 Å². The van der Waals surface area contributed by atoms with Crippen LogP contribution in [0.5, 0.6) is 0 Å². The highest BCUT2D eigenvalue weighted by molar-refractivity contribution is 5.19. The lowest BCUT2D eigenvalue weighted by Crippen LogP contribution is -2.62. The molecule has 4 rings (SSSR count). The van der Waals surface area contributed by atoms with Gasteiger partial charge in [0.05, 0.1) is 17.5 Å². The fraction of sp³-hybridized carbons (Fsp3) is 0.895. The molecule has 4 aliphatic rings. The summed E-state index contributed by atoms with van der Waals surface area (Å²) >= 11 is 0. The number of hydrogen-bond donors (Lipinski definition) is 3. The van der Waals surface area contributed by atoms with Gasteiger partial charge in [-0.1, -0.05) is 13.8 Å². The maximum Gasteiger partial charge on any atom is 0.0886 e. The Morgan fingerprint density at radius 2 is 1.82 bits per heavy atom. The highest BCUT2D eigenvalue weighted by Crippen LogP contribution is 2.67. The van der Waals surface area contributed by atoms with Crippen molar-refractivity contribution >= 4 is 0 Å². The van der Waals surface area contributed by atoms with Crippen molar-refractivity contribution in [2.24, 2.45) is 28.6 Å². The van der Waals surface area contributed by atoms with Crippen molar-refractivity contribution in [3.05, 3.63) is 11.8 Å². The minimum atomic E-state index is -0.688. The van der Waals surface area contributed by atoms with Gasteiger partial charge in [-0.05, 0) is 74.2 Å². The molecule has 3 heteroatoms. The second kappa shape index (κ2) is 4.51. The van der Waals surface area contributed by atoms with E-state index in [-0.39, 0.29) is 16.9 Å². The molecule has 0 saturated heterocycles. The largest absolute Gasteiger partial charge is 0.513 e. The maximum absolute atomic E-state index is 11.6. The van der Waals surface area contributed by atoms with Crippen LogP contribution in [0.4, 0.5) is 0 Å². The predicted octanol–water partition coefficient (Wildman–Crippen LogP) is 3.56. The van der Waals surface area contributed by atoms with Crippen LogP contribution in [0.1, 0.15) is 65.2 Å². The average molecular weight is 306 g/mol. The van der Waals surface area contributed by atoms with Crippen LogP contribution >= 0.6 is 0 Å². The smallest absolute Gasteiger partial charge is 0.0886 e. The Hall–Kier alpha value is -0.540. The van der Waals surface area contributed by atoms with Crippen LogP contribution in [0, 0.1) is 28.6 Å². The summed E-state index contributed by atoms with van der Waals surface area (Å²) in [6.45, 7) is 4.50. The lowest BCUT2D eigenvalue weighted by molar-refractivity contribution is -0.209. The zero-order valence-corrected chi connectivity index (χ0v) is 13.9. The van der Waals surface area contributed by atoms with Crippen LogP contribution in [0.3, 0.4) is 0 Å². The molecule has 0 radical (unpaired) electrons. The van der Waals surface area contributed by atoms with E-state index in [0.717, 1.165) is 51.4 Å². The SMILES string of the molecule is C[C@]12CC=C(O)CC1CC[C@@H]1[C@@H]2CC[C@]2(C)C(O)CC[C@]12O. The Morgan fingerprint density at radius 3 is 2.59 bits per heavy atom. The van der Waals surface area contributed by atoms with Gasteiger partial charge in [-0.25, -0.2) is 0 Å². The van der Waals surface area contributed by atoms with Crippen LogP contribution < -0.4 is 0 Å². The molecule has 3 saturated carbocycles. The number of rotatable bonds is 0. The normalized spacial score (nSPS) is 57.5. The fourth-order valence-corrected chi connectivity index (χ4v) is 6.80. The van der Waals surface area contributed by atoms with E-state index in [1.165, 1.54) is 0 Å². The summed E-state index contributed by atoms with van der Waals surface area (Å²) in [6.07, 6.45) is 9.13. The number of allylic oxidation sites excluding steroid dienone is 2. The monoisotopic (exact) mass is 306 g/mol. The fourth-order valence-electron chi connectivity index (χ4n) is 6.80. The number of fused-ring (bicyclic) bond motifs is 5. The lowest BCUT2D eigenvalue weighted by Gasteiger charge is -2.62. The van der Waals surface area contributed by atoms with E-state index in [2.05, 4.69) is 13.8 Å². The van der Waals surface area contributed by atoms with Gasteiger partial charge in [0.25, 0.3) is 0 Å². The van der Waals surface area contributed by atoms with E-state index in [9.17, 15) is 15.3 Å². The van der Waals surface area contributed by atoms with Gasteiger partial charge in [-0.3, -0.25) is 0 Å². The summed E-state index contributed by atoms with van der Waals surface area (Å²) in [6, 6.07) is 0. The molecule has 0 bridgehead atoms. The Bertz CT molecular complexity index is 515. The van der Waals surface area contributed by atoms with Crippen molar-refractivity contribution < 1.29 is 15.3 Å². The predicted molar refractivity (Wildman–Crippen MR) is 85.3 cm³/mol. The Morgan fingerprint density at radius 1 is 1.05 bits per heavy atom. The minimum absolute atomic E-state index is 0.208. The van der Waals surface area contributed by atoms with Crippen LogP contribution in [0.25, 0.3) is 0 Å².